The Hall–Kier alpha value is -0.790. The summed E-state index contributed by atoms with van der Waals surface area (Å²) >= 11 is 0. The molecule has 2 nitrogen and oxygen atoms in total. The fourth-order valence-electron chi connectivity index (χ4n) is 0.542. The Morgan fingerprint density at radius 1 is 1.45 bits per heavy atom. The SMILES string of the molecule is C=CC(=C=C(C)C)S(C)(=O)=O. The van der Waals surface area contributed by atoms with Gasteiger partial charge in [0, 0.05) is 6.26 Å². The number of rotatable bonds is 2. The largest absolute Gasteiger partial charge is 0.223 e. The Morgan fingerprint density at radius 2 is 1.91 bits per heavy atom. The van der Waals surface area contributed by atoms with E-state index in [9.17, 15) is 8.42 Å². The first-order chi connectivity index (χ1) is 4.88. The zero-order valence-electron chi connectivity index (χ0n) is 7.01. The second-order valence-corrected chi connectivity index (χ2v) is 4.45. The molecule has 0 aromatic rings. The third-order valence-electron chi connectivity index (χ3n) is 0.958. The smallest absolute Gasteiger partial charge is 0.182 e. The van der Waals surface area contributed by atoms with Crippen molar-refractivity contribution in [3.05, 3.63) is 28.9 Å². The Labute approximate surface area is 67.9 Å². The predicted molar refractivity (Wildman–Crippen MR) is 46.9 cm³/mol. The van der Waals surface area contributed by atoms with Crippen molar-refractivity contribution in [2.75, 3.05) is 6.26 Å². The van der Waals surface area contributed by atoms with E-state index in [0.29, 0.717) is 0 Å². The Morgan fingerprint density at radius 3 is 2.00 bits per heavy atom. The highest BCUT2D eigenvalue weighted by molar-refractivity contribution is 7.94. The van der Waals surface area contributed by atoms with E-state index >= 15 is 0 Å². The van der Waals surface area contributed by atoms with Crippen molar-refractivity contribution in [1.29, 1.82) is 0 Å². The zero-order chi connectivity index (χ0) is 9.07. The molecule has 3 heteroatoms. The van der Waals surface area contributed by atoms with Gasteiger partial charge in [-0.05, 0) is 25.5 Å². The van der Waals surface area contributed by atoms with Crippen molar-refractivity contribution >= 4 is 9.84 Å². The van der Waals surface area contributed by atoms with Crippen molar-refractivity contribution < 1.29 is 8.42 Å². The average Bonchev–Trinajstić information content (AvgIpc) is 1.79. The molecule has 0 saturated heterocycles. The van der Waals surface area contributed by atoms with E-state index in [-0.39, 0.29) is 4.91 Å². The standard InChI is InChI=1S/C8H12O2S/c1-5-8(6-7(2)3)11(4,9)10/h5H,1H2,2-4H3. The minimum absolute atomic E-state index is 0.150. The lowest BCUT2D eigenvalue weighted by Crippen LogP contribution is -1.96. The van der Waals surface area contributed by atoms with E-state index in [0.717, 1.165) is 11.8 Å². The third kappa shape index (κ3) is 3.81. The summed E-state index contributed by atoms with van der Waals surface area (Å²) in [5.41, 5.74) is 3.52. The van der Waals surface area contributed by atoms with Crippen LogP contribution in [0.15, 0.2) is 28.9 Å². The van der Waals surface area contributed by atoms with Crippen molar-refractivity contribution in [2.24, 2.45) is 0 Å². The molecule has 0 unspecified atom stereocenters. The molecule has 0 aromatic heterocycles. The van der Waals surface area contributed by atoms with Gasteiger partial charge in [0.15, 0.2) is 9.84 Å². The molecule has 0 aliphatic carbocycles. The molecule has 0 aliphatic rings. The van der Waals surface area contributed by atoms with E-state index in [4.69, 9.17) is 0 Å². The van der Waals surface area contributed by atoms with Crippen LogP contribution < -0.4 is 0 Å². The van der Waals surface area contributed by atoms with Crippen LogP contribution in [0.4, 0.5) is 0 Å². The van der Waals surface area contributed by atoms with Gasteiger partial charge in [0.1, 0.15) is 4.91 Å². The van der Waals surface area contributed by atoms with Gasteiger partial charge in [-0.1, -0.05) is 6.58 Å². The normalized spacial score (nSPS) is 10.1. The number of sulfone groups is 1. The maximum absolute atomic E-state index is 10.9. The molecule has 0 bridgehead atoms. The van der Waals surface area contributed by atoms with E-state index in [1.54, 1.807) is 13.8 Å². The van der Waals surface area contributed by atoms with Gasteiger partial charge in [-0.15, -0.1) is 5.73 Å². The molecule has 0 spiro atoms. The lowest BCUT2D eigenvalue weighted by Gasteiger charge is -1.92. The van der Waals surface area contributed by atoms with Gasteiger partial charge in [-0.3, -0.25) is 0 Å². The molecule has 0 radical (unpaired) electrons. The molecule has 0 N–H and O–H groups in total. The molecule has 0 atom stereocenters. The van der Waals surface area contributed by atoms with Crippen molar-refractivity contribution in [3.63, 3.8) is 0 Å². The van der Waals surface area contributed by atoms with Gasteiger partial charge < -0.3 is 0 Å². The number of hydrogen-bond acceptors (Lipinski definition) is 2. The van der Waals surface area contributed by atoms with Crippen molar-refractivity contribution in [3.8, 4) is 0 Å². The highest BCUT2D eigenvalue weighted by atomic mass is 32.2. The second-order valence-electron chi connectivity index (χ2n) is 2.47. The zero-order valence-corrected chi connectivity index (χ0v) is 7.83. The molecule has 0 amide bonds. The van der Waals surface area contributed by atoms with Gasteiger partial charge in [0.25, 0.3) is 0 Å². The lowest BCUT2D eigenvalue weighted by molar-refractivity contribution is 0.608. The van der Waals surface area contributed by atoms with Crippen LogP contribution in [-0.2, 0) is 9.84 Å². The first-order valence-electron chi connectivity index (χ1n) is 3.14. The van der Waals surface area contributed by atoms with Crippen LogP contribution in [0.1, 0.15) is 13.8 Å². The van der Waals surface area contributed by atoms with Gasteiger partial charge in [-0.25, -0.2) is 8.42 Å². The van der Waals surface area contributed by atoms with E-state index in [1.165, 1.54) is 6.08 Å². The van der Waals surface area contributed by atoms with Crippen LogP contribution in [-0.4, -0.2) is 14.7 Å². The van der Waals surface area contributed by atoms with Crippen molar-refractivity contribution in [1.82, 2.24) is 0 Å². The Kier molecular flexibility index (Phi) is 3.30. The van der Waals surface area contributed by atoms with E-state index < -0.39 is 9.84 Å². The lowest BCUT2D eigenvalue weighted by atomic mass is 10.4. The highest BCUT2D eigenvalue weighted by Gasteiger charge is 2.04. The average molecular weight is 172 g/mol. The Balaban J connectivity index is 5.37. The maximum atomic E-state index is 10.9. The van der Waals surface area contributed by atoms with Gasteiger partial charge >= 0.3 is 0 Å². The molecule has 0 fully saturated rings. The molecule has 0 saturated carbocycles. The summed E-state index contributed by atoms with van der Waals surface area (Å²) in [7, 11) is -3.14. The molecule has 62 valence electrons. The van der Waals surface area contributed by atoms with E-state index in [2.05, 4.69) is 12.3 Å². The molecular weight excluding hydrogens is 160 g/mol. The van der Waals surface area contributed by atoms with Crippen LogP contribution >= 0.6 is 0 Å². The van der Waals surface area contributed by atoms with Crippen LogP contribution in [0, 0.1) is 0 Å². The summed E-state index contributed by atoms with van der Waals surface area (Å²) in [6, 6.07) is 0. The molecule has 0 heterocycles. The molecule has 0 rings (SSSR count). The molecule has 11 heavy (non-hydrogen) atoms. The summed E-state index contributed by atoms with van der Waals surface area (Å²) in [6.07, 6.45) is 2.43. The quantitative estimate of drug-likeness (QED) is 0.469. The minimum Gasteiger partial charge on any atom is -0.223 e. The summed E-state index contributed by atoms with van der Waals surface area (Å²) in [4.78, 5) is 0.150. The Bertz CT molecular complexity index is 310. The van der Waals surface area contributed by atoms with Gasteiger partial charge in [0.2, 0.25) is 0 Å². The fourth-order valence-corrected chi connectivity index (χ4v) is 1.23. The maximum Gasteiger partial charge on any atom is 0.182 e. The monoisotopic (exact) mass is 172 g/mol. The van der Waals surface area contributed by atoms with Crippen molar-refractivity contribution in [2.45, 2.75) is 13.8 Å². The van der Waals surface area contributed by atoms with Crippen LogP contribution in [0.25, 0.3) is 0 Å². The topological polar surface area (TPSA) is 34.1 Å². The number of allylic oxidation sites excluding steroid dienone is 1. The van der Waals surface area contributed by atoms with Gasteiger partial charge in [0.05, 0.1) is 0 Å². The number of hydrogen-bond donors (Lipinski definition) is 0. The fraction of sp³-hybridized carbons (Fsp3) is 0.375. The minimum atomic E-state index is -3.14. The van der Waals surface area contributed by atoms with Gasteiger partial charge in [-0.2, -0.15) is 0 Å². The van der Waals surface area contributed by atoms with Crippen LogP contribution in [0.3, 0.4) is 0 Å². The summed E-state index contributed by atoms with van der Waals surface area (Å²) in [6.45, 7) is 6.96. The first kappa shape index (κ1) is 10.2. The second kappa shape index (κ2) is 3.56. The molecular formula is C8H12O2S. The van der Waals surface area contributed by atoms with Crippen LogP contribution in [0.5, 0.6) is 0 Å². The highest BCUT2D eigenvalue weighted by Crippen LogP contribution is 2.04. The van der Waals surface area contributed by atoms with Crippen LogP contribution in [0.2, 0.25) is 0 Å². The third-order valence-corrected chi connectivity index (χ3v) is 2.03. The summed E-state index contributed by atoms with van der Waals surface area (Å²) in [5.74, 6) is 0. The van der Waals surface area contributed by atoms with E-state index in [1.807, 2.05) is 0 Å². The summed E-state index contributed by atoms with van der Waals surface area (Å²) in [5, 5.41) is 0. The molecule has 0 aromatic carbocycles. The molecule has 0 aliphatic heterocycles. The summed E-state index contributed by atoms with van der Waals surface area (Å²) < 4.78 is 21.8. The first-order valence-corrected chi connectivity index (χ1v) is 5.03. The predicted octanol–water partition coefficient (Wildman–Crippen LogP) is 1.67.